The number of nitrogens with one attached hydrogen (secondary N) is 3. The van der Waals surface area contributed by atoms with E-state index in [9.17, 15) is 19.2 Å². The molecule has 0 fully saturated rings. The van der Waals surface area contributed by atoms with Crippen LogP contribution >= 0.6 is 23.1 Å². The van der Waals surface area contributed by atoms with Crippen molar-refractivity contribution in [1.82, 2.24) is 15.2 Å². The van der Waals surface area contributed by atoms with Gasteiger partial charge in [0.2, 0.25) is 5.91 Å². The second-order valence-corrected chi connectivity index (χ2v) is 14.7. The highest BCUT2D eigenvalue weighted by Gasteiger charge is 2.30. The molecule has 3 aromatic carbocycles. The average Bonchev–Trinajstić information content (AvgIpc) is 3.54. The van der Waals surface area contributed by atoms with Gasteiger partial charge in [-0.3, -0.25) is 24.3 Å². The molecule has 1 aliphatic heterocycles. The molecular formula is C41H39N5O5S2. The van der Waals surface area contributed by atoms with Gasteiger partial charge in [-0.2, -0.15) is 0 Å². The van der Waals surface area contributed by atoms with Gasteiger partial charge in [-0.05, 0) is 72.0 Å². The molecule has 0 spiro atoms. The Kier molecular flexibility index (Phi) is 12.5. The molecule has 270 valence electrons. The molecule has 0 radical (unpaired) electrons. The molecule has 1 aliphatic rings. The van der Waals surface area contributed by atoms with Gasteiger partial charge in [0, 0.05) is 53.1 Å². The lowest BCUT2D eigenvalue weighted by Crippen LogP contribution is -2.30. The number of carbonyl (C=O) groups is 4. The van der Waals surface area contributed by atoms with Crippen molar-refractivity contribution in [2.24, 2.45) is 0 Å². The Morgan fingerprint density at radius 2 is 1.74 bits per heavy atom. The van der Waals surface area contributed by atoms with Crippen molar-refractivity contribution in [3.63, 3.8) is 0 Å². The average molecular weight is 746 g/mol. The van der Waals surface area contributed by atoms with Gasteiger partial charge in [-0.1, -0.05) is 67.6 Å². The molecule has 3 heterocycles. The van der Waals surface area contributed by atoms with Gasteiger partial charge in [-0.15, -0.1) is 23.1 Å². The van der Waals surface area contributed by atoms with E-state index in [-0.39, 0.29) is 11.6 Å². The van der Waals surface area contributed by atoms with E-state index in [1.165, 1.54) is 35.8 Å². The van der Waals surface area contributed by atoms with E-state index in [1.807, 2.05) is 37.3 Å². The topological polar surface area (TPSA) is 130 Å². The van der Waals surface area contributed by atoms with Crippen molar-refractivity contribution >= 4 is 63.6 Å². The number of nitrogens with zero attached hydrogens (tertiary/aromatic N) is 2. The summed E-state index contributed by atoms with van der Waals surface area (Å²) in [5.74, 6) is -1.65. The molecule has 10 nitrogen and oxygen atoms in total. The molecule has 0 aliphatic carbocycles. The molecular weight excluding hydrogens is 707 g/mol. The predicted molar refractivity (Wildman–Crippen MR) is 210 cm³/mol. The van der Waals surface area contributed by atoms with Crippen LogP contribution in [0.2, 0.25) is 0 Å². The van der Waals surface area contributed by atoms with Crippen LogP contribution in [0.25, 0.3) is 6.08 Å². The summed E-state index contributed by atoms with van der Waals surface area (Å²) >= 11 is 2.78. The summed E-state index contributed by atoms with van der Waals surface area (Å²) in [6.45, 7) is 4.19. The summed E-state index contributed by atoms with van der Waals surface area (Å²) < 4.78 is 5.16. The standard InChI is InChI=1S/C41H39N5O5S2/c1-3-34(39(49)45-40-36(41(50)51-2)32-19-21-46(26-35(32)53-40)25-27-12-6-4-7-13-27)52-31-18-10-17-30(23-31)43-38(48)33(22-28-14-11-20-42-24-28)44-37(47)29-15-8-5-9-16-29/h4-18,20,22-24,34H,3,19,21,25-26H2,1-2H3,(H,43,48)(H,44,47)(H,45,49)/b33-22-. The van der Waals surface area contributed by atoms with Crippen LogP contribution in [0, 0.1) is 0 Å². The normalized spacial score (nSPS) is 13.4. The maximum absolute atomic E-state index is 13.8. The number of esters is 1. The Bertz CT molecular complexity index is 2110. The number of amides is 3. The number of thioether (sulfide) groups is 1. The van der Waals surface area contributed by atoms with Crippen LogP contribution in [-0.4, -0.2) is 52.5 Å². The first-order valence-corrected chi connectivity index (χ1v) is 18.9. The third-order valence-corrected chi connectivity index (χ3v) is 11.1. The van der Waals surface area contributed by atoms with E-state index < -0.39 is 23.0 Å². The summed E-state index contributed by atoms with van der Waals surface area (Å²) in [5.41, 5.74) is 4.16. The summed E-state index contributed by atoms with van der Waals surface area (Å²) in [6.07, 6.45) is 5.97. The maximum atomic E-state index is 13.8. The van der Waals surface area contributed by atoms with Crippen LogP contribution in [0.4, 0.5) is 10.7 Å². The summed E-state index contributed by atoms with van der Waals surface area (Å²) in [7, 11) is 1.35. The SMILES string of the molecule is CCC(Sc1cccc(NC(=O)/C(=C/c2cccnc2)NC(=O)c2ccccc2)c1)C(=O)Nc1sc2c(c1C(=O)OC)CCN(Cc1ccccc1)C2. The Morgan fingerprint density at radius 3 is 2.45 bits per heavy atom. The Hall–Kier alpha value is -5.56. The zero-order valence-corrected chi connectivity index (χ0v) is 31.0. The fraction of sp³-hybridized carbons (Fsp3) is 0.195. The smallest absolute Gasteiger partial charge is 0.341 e. The number of rotatable bonds is 13. The van der Waals surface area contributed by atoms with Crippen molar-refractivity contribution in [2.75, 3.05) is 24.3 Å². The molecule has 53 heavy (non-hydrogen) atoms. The van der Waals surface area contributed by atoms with Crippen LogP contribution in [0.5, 0.6) is 0 Å². The molecule has 3 N–H and O–H groups in total. The summed E-state index contributed by atoms with van der Waals surface area (Å²) in [6, 6.07) is 29.6. The molecule has 6 rings (SSSR count). The van der Waals surface area contributed by atoms with Crippen molar-refractivity contribution < 1.29 is 23.9 Å². The van der Waals surface area contributed by atoms with Crippen LogP contribution in [-0.2, 0) is 33.8 Å². The predicted octanol–water partition coefficient (Wildman–Crippen LogP) is 7.41. The van der Waals surface area contributed by atoms with E-state index in [4.69, 9.17) is 4.74 Å². The fourth-order valence-electron chi connectivity index (χ4n) is 5.93. The molecule has 1 unspecified atom stereocenters. The van der Waals surface area contributed by atoms with E-state index in [2.05, 4.69) is 38.0 Å². The van der Waals surface area contributed by atoms with Crippen LogP contribution in [0.3, 0.4) is 0 Å². The van der Waals surface area contributed by atoms with Crippen molar-refractivity contribution in [3.05, 3.63) is 148 Å². The van der Waals surface area contributed by atoms with Gasteiger partial charge < -0.3 is 20.7 Å². The number of ether oxygens (including phenoxy) is 1. The van der Waals surface area contributed by atoms with Gasteiger partial charge >= 0.3 is 5.97 Å². The summed E-state index contributed by atoms with van der Waals surface area (Å²) in [4.78, 5) is 61.6. The second-order valence-electron chi connectivity index (χ2n) is 12.3. The monoisotopic (exact) mass is 745 g/mol. The van der Waals surface area contributed by atoms with Gasteiger partial charge in [0.15, 0.2) is 0 Å². The lowest BCUT2D eigenvalue weighted by atomic mass is 10.0. The van der Waals surface area contributed by atoms with E-state index >= 15 is 0 Å². The highest BCUT2D eigenvalue weighted by atomic mass is 32.2. The van der Waals surface area contributed by atoms with Gasteiger partial charge in [0.05, 0.1) is 17.9 Å². The highest BCUT2D eigenvalue weighted by molar-refractivity contribution is 8.00. The molecule has 0 bridgehead atoms. The number of anilines is 2. The Labute approximate surface area is 316 Å². The highest BCUT2D eigenvalue weighted by Crippen LogP contribution is 2.39. The fourth-order valence-corrected chi connectivity index (χ4v) is 8.23. The Balaban J connectivity index is 1.15. The van der Waals surface area contributed by atoms with Crippen LogP contribution in [0.15, 0.2) is 120 Å². The molecule has 0 saturated heterocycles. The maximum Gasteiger partial charge on any atom is 0.341 e. The number of thiophene rings is 1. The third kappa shape index (κ3) is 9.66. The molecule has 5 aromatic rings. The molecule has 3 amide bonds. The number of hydrogen-bond donors (Lipinski definition) is 3. The number of benzene rings is 3. The van der Waals surface area contributed by atoms with Crippen molar-refractivity contribution in [2.45, 2.75) is 43.0 Å². The second kappa shape index (κ2) is 17.8. The first-order chi connectivity index (χ1) is 25.8. The summed E-state index contributed by atoms with van der Waals surface area (Å²) in [5, 5.41) is 8.67. The van der Waals surface area contributed by atoms with Crippen molar-refractivity contribution in [1.29, 1.82) is 0 Å². The lowest BCUT2D eigenvalue weighted by molar-refractivity contribution is -0.116. The van der Waals surface area contributed by atoms with Gasteiger partial charge in [0.1, 0.15) is 10.7 Å². The third-order valence-electron chi connectivity index (χ3n) is 8.57. The number of carbonyl (C=O) groups excluding carboxylic acids is 4. The Morgan fingerprint density at radius 1 is 0.962 bits per heavy atom. The van der Waals surface area contributed by atoms with E-state index in [0.717, 1.165) is 28.4 Å². The number of fused-ring (bicyclic) bond motifs is 1. The molecule has 12 heteroatoms. The number of pyridine rings is 1. The number of methoxy groups -OCH3 is 1. The molecule has 0 saturated carbocycles. The minimum absolute atomic E-state index is 0.0407. The largest absolute Gasteiger partial charge is 0.465 e. The minimum atomic E-state index is -0.524. The zero-order chi connectivity index (χ0) is 37.2. The van der Waals surface area contributed by atoms with Crippen LogP contribution in [0.1, 0.15) is 55.6 Å². The molecule has 1 atom stereocenters. The van der Waals surface area contributed by atoms with Crippen molar-refractivity contribution in [3.8, 4) is 0 Å². The first kappa shape index (κ1) is 37.2. The van der Waals surface area contributed by atoms with E-state index in [1.54, 1.807) is 73.1 Å². The number of aromatic nitrogens is 1. The van der Waals surface area contributed by atoms with Gasteiger partial charge in [-0.25, -0.2) is 4.79 Å². The van der Waals surface area contributed by atoms with E-state index in [0.29, 0.717) is 46.8 Å². The number of hydrogen-bond acceptors (Lipinski definition) is 9. The minimum Gasteiger partial charge on any atom is -0.465 e. The first-order valence-electron chi connectivity index (χ1n) is 17.2. The lowest BCUT2D eigenvalue weighted by Gasteiger charge is -2.27. The quantitative estimate of drug-likeness (QED) is 0.0646. The molecule has 2 aromatic heterocycles. The zero-order valence-electron chi connectivity index (χ0n) is 29.3. The van der Waals surface area contributed by atoms with Gasteiger partial charge in [0.25, 0.3) is 11.8 Å². The van der Waals surface area contributed by atoms with Crippen LogP contribution < -0.4 is 16.0 Å².